The number of carbonyl (C=O) groups is 1. The van der Waals surface area contributed by atoms with Crippen molar-refractivity contribution in [2.45, 2.75) is 20.3 Å². The molecule has 0 atom stereocenters. The molecule has 3 N–H and O–H groups in total. The lowest BCUT2D eigenvalue weighted by molar-refractivity contribution is -0.117. The number of amides is 1. The van der Waals surface area contributed by atoms with Crippen LogP contribution < -0.4 is 11.1 Å². The van der Waals surface area contributed by atoms with Gasteiger partial charge in [0.15, 0.2) is 0 Å². The highest BCUT2D eigenvalue weighted by molar-refractivity contribution is 5.74. The molecule has 1 heterocycles. The average molecular weight is 195 g/mol. The van der Waals surface area contributed by atoms with E-state index in [9.17, 15) is 4.79 Å². The van der Waals surface area contributed by atoms with Crippen LogP contribution in [0, 0.1) is 13.8 Å². The molecule has 0 aliphatic rings. The first-order valence-corrected chi connectivity index (χ1v) is 4.29. The SMILES string of the molecule is Cc1nnc(NCCC(N)=O)nc1C. The van der Waals surface area contributed by atoms with Crippen LogP contribution in [0.15, 0.2) is 0 Å². The van der Waals surface area contributed by atoms with Gasteiger partial charge in [-0.15, -0.1) is 5.10 Å². The zero-order valence-corrected chi connectivity index (χ0v) is 8.24. The number of nitrogens with one attached hydrogen (secondary N) is 1. The Morgan fingerprint density at radius 2 is 2.07 bits per heavy atom. The lowest BCUT2D eigenvalue weighted by Crippen LogP contribution is -2.17. The van der Waals surface area contributed by atoms with Crippen LogP contribution in [-0.4, -0.2) is 27.6 Å². The first-order valence-electron chi connectivity index (χ1n) is 4.29. The summed E-state index contributed by atoms with van der Waals surface area (Å²) >= 11 is 0. The molecule has 14 heavy (non-hydrogen) atoms. The van der Waals surface area contributed by atoms with Crippen LogP contribution in [0.4, 0.5) is 5.95 Å². The Morgan fingerprint density at radius 1 is 1.36 bits per heavy atom. The molecule has 0 aliphatic heterocycles. The molecule has 76 valence electrons. The maximum absolute atomic E-state index is 10.4. The fourth-order valence-electron chi connectivity index (χ4n) is 0.829. The molecule has 0 fully saturated rings. The van der Waals surface area contributed by atoms with E-state index in [0.717, 1.165) is 11.4 Å². The van der Waals surface area contributed by atoms with Gasteiger partial charge in [-0.3, -0.25) is 4.79 Å². The summed E-state index contributed by atoms with van der Waals surface area (Å²) < 4.78 is 0. The molecule has 0 spiro atoms. The van der Waals surface area contributed by atoms with Crippen LogP contribution in [0.5, 0.6) is 0 Å². The van der Waals surface area contributed by atoms with Gasteiger partial charge in [0, 0.05) is 13.0 Å². The van der Waals surface area contributed by atoms with Crippen LogP contribution >= 0.6 is 0 Å². The first kappa shape index (κ1) is 10.4. The van der Waals surface area contributed by atoms with Gasteiger partial charge < -0.3 is 11.1 Å². The summed E-state index contributed by atoms with van der Waals surface area (Å²) in [5.74, 6) is 0.0728. The fourth-order valence-corrected chi connectivity index (χ4v) is 0.829. The summed E-state index contributed by atoms with van der Waals surface area (Å²) in [6.07, 6.45) is 0.260. The Hall–Kier alpha value is -1.72. The van der Waals surface area contributed by atoms with E-state index in [2.05, 4.69) is 20.5 Å². The third-order valence-electron chi connectivity index (χ3n) is 1.75. The van der Waals surface area contributed by atoms with E-state index in [1.165, 1.54) is 0 Å². The molecule has 0 radical (unpaired) electrons. The standard InChI is InChI=1S/C8H13N5O/c1-5-6(2)12-13-8(11-5)10-4-3-7(9)14/h3-4H2,1-2H3,(H2,9,14)(H,10,11,13). The maximum Gasteiger partial charge on any atom is 0.242 e. The van der Waals surface area contributed by atoms with Crippen LogP contribution in [0.2, 0.25) is 0 Å². The van der Waals surface area contributed by atoms with Gasteiger partial charge in [0.25, 0.3) is 0 Å². The topological polar surface area (TPSA) is 93.8 Å². The predicted octanol–water partition coefficient (Wildman–Crippen LogP) is -0.224. The van der Waals surface area contributed by atoms with Crippen molar-refractivity contribution >= 4 is 11.9 Å². The molecule has 1 amide bonds. The van der Waals surface area contributed by atoms with E-state index in [-0.39, 0.29) is 12.3 Å². The Labute approximate surface area is 81.9 Å². The number of nitrogens with zero attached hydrogens (tertiary/aromatic N) is 3. The lowest BCUT2D eigenvalue weighted by atomic mass is 10.4. The van der Waals surface area contributed by atoms with Gasteiger partial charge >= 0.3 is 0 Å². The van der Waals surface area contributed by atoms with E-state index in [0.29, 0.717) is 12.5 Å². The summed E-state index contributed by atoms with van der Waals surface area (Å²) in [5, 5.41) is 10.6. The summed E-state index contributed by atoms with van der Waals surface area (Å²) in [5.41, 5.74) is 6.59. The zero-order valence-electron chi connectivity index (χ0n) is 8.24. The number of primary amides is 1. The van der Waals surface area contributed by atoms with E-state index >= 15 is 0 Å². The minimum Gasteiger partial charge on any atom is -0.370 e. The molecular weight excluding hydrogens is 182 g/mol. The van der Waals surface area contributed by atoms with Gasteiger partial charge in [-0.25, -0.2) is 4.98 Å². The predicted molar refractivity (Wildman–Crippen MR) is 51.6 cm³/mol. The molecule has 6 heteroatoms. The van der Waals surface area contributed by atoms with Crippen molar-refractivity contribution in [2.75, 3.05) is 11.9 Å². The molecule has 1 rings (SSSR count). The average Bonchev–Trinajstić information content (AvgIpc) is 2.10. The molecule has 0 aliphatic carbocycles. The van der Waals surface area contributed by atoms with Gasteiger partial charge in [0.1, 0.15) is 0 Å². The van der Waals surface area contributed by atoms with E-state index in [1.807, 2.05) is 13.8 Å². The quantitative estimate of drug-likeness (QED) is 0.692. The van der Waals surface area contributed by atoms with E-state index in [1.54, 1.807) is 0 Å². The number of rotatable bonds is 4. The molecule has 0 bridgehead atoms. The number of aromatic nitrogens is 3. The van der Waals surface area contributed by atoms with Gasteiger partial charge in [-0.05, 0) is 13.8 Å². The van der Waals surface area contributed by atoms with Gasteiger partial charge in [0.2, 0.25) is 11.9 Å². The molecule has 1 aromatic heterocycles. The molecule has 0 saturated heterocycles. The second kappa shape index (κ2) is 4.50. The number of aryl methyl sites for hydroxylation is 2. The number of nitrogens with two attached hydrogens (primary N) is 1. The van der Waals surface area contributed by atoms with Gasteiger partial charge in [0.05, 0.1) is 11.4 Å². The largest absolute Gasteiger partial charge is 0.370 e. The minimum atomic E-state index is -0.353. The van der Waals surface area contributed by atoms with Crippen LogP contribution in [0.3, 0.4) is 0 Å². The maximum atomic E-state index is 10.4. The van der Waals surface area contributed by atoms with Crippen molar-refractivity contribution in [3.63, 3.8) is 0 Å². The molecule has 0 unspecified atom stereocenters. The van der Waals surface area contributed by atoms with Crippen LogP contribution in [0.1, 0.15) is 17.8 Å². The number of carbonyl (C=O) groups excluding carboxylic acids is 1. The lowest BCUT2D eigenvalue weighted by Gasteiger charge is -2.03. The number of anilines is 1. The van der Waals surface area contributed by atoms with Crippen molar-refractivity contribution in [3.05, 3.63) is 11.4 Å². The molecule has 6 nitrogen and oxygen atoms in total. The molecular formula is C8H13N5O. The highest BCUT2D eigenvalue weighted by atomic mass is 16.1. The minimum absolute atomic E-state index is 0.260. The monoisotopic (exact) mass is 195 g/mol. The van der Waals surface area contributed by atoms with Crippen molar-refractivity contribution in [1.82, 2.24) is 15.2 Å². The smallest absolute Gasteiger partial charge is 0.242 e. The Balaban J connectivity index is 2.51. The summed E-state index contributed by atoms with van der Waals surface area (Å²) in [4.78, 5) is 14.6. The zero-order chi connectivity index (χ0) is 10.6. The second-order valence-electron chi connectivity index (χ2n) is 2.95. The third-order valence-corrected chi connectivity index (χ3v) is 1.75. The van der Waals surface area contributed by atoms with Crippen LogP contribution in [0.25, 0.3) is 0 Å². The summed E-state index contributed by atoms with van der Waals surface area (Å²) in [6, 6.07) is 0. The fraction of sp³-hybridized carbons (Fsp3) is 0.500. The molecule has 1 aromatic rings. The van der Waals surface area contributed by atoms with Gasteiger partial charge in [-0.1, -0.05) is 0 Å². The second-order valence-corrected chi connectivity index (χ2v) is 2.95. The normalized spacial score (nSPS) is 9.86. The highest BCUT2D eigenvalue weighted by Crippen LogP contribution is 2.01. The Bertz CT molecular complexity index is 339. The molecule has 0 aromatic carbocycles. The summed E-state index contributed by atoms with van der Waals surface area (Å²) in [7, 11) is 0. The number of hydrogen-bond donors (Lipinski definition) is 2. The van der Waals surface area contributed by atoms with Crippen molar-refractivity contribution < 1.29 is 4.79 Å². The van der Waals surface area contributed by atoms with Crippen molar-refractivity contribution in [3.8, 4) is 0 Å². The first-order chi connectivity index (χ1) is 6.59. The van der Waals surface area contributed by atoms with E-state index < -0.39 is 0 Å². The van der Waals surface area contributed by atoms with Gasteiger partial charge in [-0.2, -0.15) is 5.10 Å². The summed E-state index contributed by atoms with van der Waals surface area (Å²) in [6.45, 7) is 4.12. The highest BCUT2D eigenvalue weighted by Gasteiger charge is 2.00. The third kappa shape index (κ3) is 2.96. The Morgan fingerprint density at radius 3 is 2.64 bits per heavy atom. The van der Waals surface area contributed by atoms with E-state index in [4.69, 9.17) is 5.73 Å². The molecule has 0 saturated carbocycles. The van der Waals surface area contributed by atoms with Crippen LogP contribution in [-0.2, 0) is 4.79 Å². The van der Waals surface area contributed by atoms with Crippen molar-refractivity contribution in [2.24, 2.45) is 5.73 Å². The van der Waals surface area contributed by atoms with Crippen molar-refractivity contribution in [1.29, 1.82) is 0 Å². The number of hydrogen-bond acceptors (Lipinski definition) is 5. The Kier molecular flexibility index (Phi) is 3.33.